The fourth-order valence-corrected chi connectivity index (χ4v) is 3.17. The lowest BCUT2D eigenvalue weighted by Gasteiger charge is -2.16. The summed E-state index contributed by atoms with van der Waals surface area (Å²) in [5.41, 5.74) is 0. The highest BCUT2D eigenvalue weighted by Gasteiger charge is 2.37. The molecule has 1 saturated heterocycles. The Morgan fingerprint density at radius 3 is 2.90 bits per heavy atom. The molecule has 1 aliphatic rings. The van der Waals surface area contributed by atoms with Crippen LogP contribution in [0.2, 0.25) is 4.34 Å². The SMILES string of the molecule is N#CCN1C[C@@H](NC(=O)c2ccc(Cl)s2)C[C@H]1C(=O)O. The summed E-state index contributed by atoms with van der Waals surface area (Å²) in [4.78, 5) is 25.1. The standard InChI is InChI=1S/C12H12ClN3O3S/c13-10-2-1-9(20-10)11(17)15-7-5-8(12(18)19)16(6-7)4-3-14/h1-2,7-8H,4-6H2,(H,15,17)(H,18,19)/t7-,8-/m0/s1. The van der Waals surface area contributed by atoms with E-state index in [9.17, 15) is 9.59 Å². The number of nitriles is 1. The number of thiophene rings is 1. The normalized spacial score (nSPS) is 22.4. The van der Waals surface area contributed by atoms with Crippen LogP contribution in [-0.2, 0) is 4.79 Å². The van der Waals surface area contributed by atoms with Gasteiger partial charge >= 0.3 is 5.97 Å². The van der Waals surface area contributed by atoms with E-state index in [4.69, 9.17) is 22.0 Å². The second-order valence-electron chi connectivity index (χ2n) is 4.45. The minimum atomic E-state index is -0.976. The van der Waals surface area contributed by atoms with E-state index in [0.29, 0.717) is 22.2 Å². The van der Waals surface area contributed by atoms with Gasteiger partial charge in [-0.05, 0) is 18.6 Å². The molecule has 0 bridgehead atoms. The number of aliphatic carboxylic acids is 1. The van der Waals surface area contributed by atoms with Crippen molar-refractivity contribution in [2.24, 2.45) is 0 Å². The Morgan fingerprint density at radius 1 is 1.60 bits per heavy atom. The van der Waals surface area contributed by atoms with Gasteiger partial charge < -0.3 is 10.4 Å². The molecule has 2 rings (SSSR count). The summed E-state index contributed by atoms with van der Waals surface area (Å²) in [5, 5.41) is 20.6. The molecule has 0 aromatic carbocycles. The molecule has 0 saturated carbocycles. The van der Waals surface area contributed by atoms with Crippen molar-refractivity contribution < 1.29 is 14.7 Å². The number of rotatable bonds is 4. The highest BCUT2D eigenvalue weighted by atomic mass is 35.5. The van der Waals surface area contributed by atoms with Crippen LogP contribution in [0.3, 0.4) is 0 Å². The maximum Gasteiger partial charge on any atom is 0.321 e. The van der Waals surface area contributed by atoms with Crippen LogP contribution < -0.4 is 5.32 Å². The van der Waals surface area contributed by atoms with Crippen molar-refractivity contribution in [3.05, 3.63) is 21.3 Å². The van der Waals surface area contributed by atoms with Crippen molar-refractivity contribution >= 4 is 34.8 Å². The molecule has 0 radical (unpaired) electrons. The summed E-state index contributed by atoms with van der Waals surface area (Å²) in [6.45, 7) is 0.392. The van der Waals surface area contributed by atoms with Crippen molar-refractivity contribution in [3.63, 3.8) is 0 Å². The molecule has 1 aromatic rings. The maximum atomic E-state index is 12.0. The largest absolute Gasteiger partial charge is 0.480 e. The number of hydrogen-bond donors (Lipinski definition) is 2. The average Bonchev–Trinajstić information content (AvgIpc) is 2.96. The Kier molecular flexibility index (Phi) is 4.60. The van der Waals surface area contributed by atoms with E-state index in [-0.39, 0.29) is 18.5 Å². The minimum Gasteiger partial charge on any atom is -0.480 e. The third-order valence-corrected chi connectivity index (χ3v) is 4.32. The third kappa shape index (κ3) is 3.28. The Hall–Kier alpha value is -1.62. The fourth-order valence-electron chi connectivity index (χ4n) is 2.22. The van der Waals surface area contributed by atoms with Crippen LogP contribution in [0.4, 0.5) is 0 Å². The van der Waals surface area contributed by atoms with Crippen LogP contribution in [0.25, 0.3) is 0 Å². The summed E-state index contributed by atoms with van der Waals surface area (Å²) in [7, 11) is 0. The van der Waals surface area contributed by atoms with Crippen molar-refractivity contribution in [2.45, 2.75) is 18.5 Å². The van der Waals surface area contributed by atoms with Gasteiger partial charge in [0.2, 0.25) is 0 Å². The van der Waals surface area contributed by atoms with Gasteiger partial charge in [-0.25, -0.2) is 0 Å². The first kappa shape index (κ1) is 14.8. The first-order valence-corrected chi connectivity index (χ1v) is 7.10. The molecule has 0 spiro atoms. The highest BCUT2D eigenvalue weighted by molar-refractivity contribution is 7.17. The molecule has 106 valence electrons. The summed E-state index contributed by atoms with van der Waals surface area (Å²) in [5.74, 6) is -1.24. The molecule has 8 heteroatoms. The second kappa shape index (κ2) is 6.22. The van der Waals surface area contributed by atoms with Crippen molar-refractivity contribution in [2.75, 3.05) is 13.1 Å². The van der Waals surface area contributed by atoms with Gasteiger partial charge in [-0.2, -0.15) is 5.26 Å². The van der Waals surface area contributed by atoms with Gasteiger partial charge in [-0.1, -0.05) is 11.6 Å². The van der Waals surface area contributed by atoms with Crippen molar-refractivity contribution in [3.8, 4) is 6.07 Å². The van der Waals surface area contributed by atoms with Crippen molar-refractivity contribution in [1.82, 2.24) is 10.2 Å². The second-order valence-corrected chi connectivity index (χ2v) is 6.17. The van der Waals surface area contributed by atoms with Crippen molar-refractivity contribution in [1.29, 1.82) is 5.26 Å². The predicted molar refractivity (Wildman–Crippen MR) is 73.8 cm³/mol. The smallest absolute Gasteiger partial charge is 0.321 e. The number of nitrogens with zero attached hydrogens (tertiary/aromatic N) is 2. The van der Waals surface area contributed by atoms with Gasteiger partial charge in [0.05, 0.1) is 21.8 Å². The molecular formula is C12H12ClN3O3S. The van der Waals surface area contributed by atoms with Crippen LogP contribution in [0.1, 0.15) is 16.1 Å². The fraction of sp³-hybridized carbons (Fsp3) is 0.417. The first-order chi connectivity index (χ1) is 9.51. The van der Waals surface area contributed by atoms with Gasteiger partial charge in [0.25, 0.3) is 5.91 Å². The van der Waals surface area contributed by atoms with Gasteiger partial charge in [-0.15, -0.1) is 11.3 Å². The summed E-state index contributed by atoms with van der Waals surface area (Å²) in [6.07, 6.45) is 0.294. The van der Waals surface area contributed by atoms with E-state index >= 15 is 0 Å². The monoisotopic (exact) mass is 313 g/mol. The Labute approximate surface area is 124 Å². The minimum absolute atomic E-state index is 0.0359. The van der Waals surface area contributed by atoms with E-state index in [0.717, 1.165) is 0 Å². The number of halogens is 1. The number of amides is 1. The van der Waals surface area contributed by atoms with Gasteiger partial charge in [0.1, 0.15) is 6.04 Å². The number of carbonyl (C=O) groups excluding carboxylic acids is 1. The van der Waals surface area contributed by atoms with Crippen LogP contribution >= 0.6 is 22.9 Å². The van der Waals surface area contributed by atoms with Gasteiger partial charge in [-0.3, -0.25) is 14.5 Å². The molecule has 0 aliphatic carbocycles. The number of carboxylic acids is 1. The highest BCUT2D eigenvalue weighted by Crippen LogP contribution is 2.22. The molecular weight excluding hydrogens is 302 g/mol. The van der Waals surface area contributed by atoms with Crippen LogP contribution in [-0.4, -0.2) is 47.1 Å². The van der Waals surface area contributed by atoms with Gasteiger partial charge in [0.15, 0.2) is 0 Å². The molecule has 2 atom stereocenters. The molecule has 2 heterocycles. The zero-order valence-corrected chi connectivity index (χ0v) is 11.9. The molecule has 1 fully saturated rings. The lowest BCUT2D eigenvalue weighted by atomic mass is 10.1. The molecule has 6 nitrogen and oxygen atoms in total. The number of nitrogens with one attached hydrogen (secondary N) is 1. The molecule has 1 aliphatic heterocycles. The zero-order valence-electron chi connectivity index (χ0n) is 10.4. The zero-order chi connectivity index (χ0) is 14.7. The van der Waals surface area contributed by atoms with Crippen LogP contribution in [0, 0.1) is 11.3 Å². The average molecular weight is 314 g/mol. The molecule has 20 heavy (non-hydrogen) atoms. The lowest BCUT2D eigenvalue weighted by molar-refractivity contribution is -0.141. The Balaban J connectivity index is 1.99. The van der Waals surface area contributed by atoms with Crippen LogP contribution in [0.15, 0.2) is 12.1 Å². The number of likely N-dealkylation sites (tertiary alicyclic amines) is 1. The quantitative estimate of drug-likeness (QED) is 0.814. The maximum absolute atomic E-state index is 12.0. The molecule has 2 N–H and O–H groups in total. The van der Waals surface area contributed by atoms with E-state index in [1.165, 1.54) is 11.3 Å². The number of carbonyl (C=O) groups is 2. The van der Waals surface area contributed by atoms with E-state index in [1.807, 2.05) is 6.07 Å². The van der Waals surface area contributed by atoms with E-state index in [2.05, 4.69) is 5.32 Å². The van der Waals surface area contributed by atoms with Crippen LogP contribution in [0.5, 0.6) is 0 Å². The van der Waals surface area contributed by atoms with E-state index < -0.39 is 12.0 Å². The number of hydrogen-bond acceptors (Lipinski definition) is 5. The predicted octanol–water partition coefficient (Wildman–Crippen LogP) is 1.18. The Morgan fingerprint density at radius 2 is 2.35 bits per heavy atom. The topological polar surface area (TPSA) is 93.4 Å². The van der Waals surface area contributed by atoms with Gasteiger partial charge in [0, 0.05) is 12.6 Å². The molecule has 1 aromatic heterocycles. The third-order valence-electron chi connectivity index (χ3n) is 3.09. The van der Waals surface area contributed by atoms with E-state index in [1.54, 1.807) is 17.0 Å². The summed E-state index contributed by atoms with van der Waals surface area (Å²) in [6, 6.07) is 4.19. The Bertz CT molecular complexity index is 569. The lowest BCUT2D eigenvalue weighted by Crippen LogP contribution is -2.37. The number of carboxylic acid groups (broad SMARTS) is 1. The molecule has 1 amide bonds. The first-order valence-electron chi connectivity index (χ1n) is 5.91. The summed E-state index contributed by atoms with van der Waals surface area (Å²) >= 11 is 6.94. The summed E-state index contributed by atoms with van der Waals surface area (Å²) < 4.78 is 0.524. The molecule has 0 unspecified atom stereocenters.